The first-order valence-corrected chi connectivity index (χ1v) is 7.89. The zero-order valence-electron chi connectivity index (χ0n) is 14.1. The zero-order valence-corrected chi connectivity index (χ0v) is 14.1. The molecule has 0 aliphatic carbocycles. The Morgan fingerprint density at radius 2 is 1.67 bits per heavy atom. The molecule has 0 heterocycles. The molecule has 24 heavy (non-hydrogen) atoms. The normalized spacial score (nSPS) is 11.7. The first-order chi connectivity index (χ1) is 11.5. The van der Waals surface area contributed by atoms with Gasteiger partial charge in [-0.1, -0.05) is 24.3 Å². The van der Waals surface area contributed by atoms with Crippen LogP contribution in [0.15, 0.2) is 54.6 Å². The minimum absolute atomic E-state index is 0.0510. The molecule has 0 bridgehead atoms. The molecule has 2 amide bonds. The third-order valence-electron chi connectivity index (χ3n) is 3.24. The van der Waals surface area contributed by atoms with Crippen LogP contribution < -0.4 is 15.4 Å². The van der Waals surface area contributed by atoms with Gasteiger partial charge in [-0.05, 0) is 51.1 Å². The van der Waals surface area contributed by atoms with Gasteiger partial charge in [-0.25, -0.2) is 0 Å². The van der Waals surface area contributed by atoms with Crippen LogP contribution in [0.2, 0.25) is 0 Å². The second-order valence-corrected chi connectivity index (χ2v) is 5.77. The summed E-state index contributed by atoms with van der Waals surface area (Å²) in [5.41, 5.74) is 1.05. The minimum atomic E-state index is -0.652. The van der Waals surface area contributed by atoms with Crippen molar-refractivity contribution in [2.75, 3.05) is 5.32 Å². The third-order valence-corrected chi connectivity index (χ3v) is 3.24. The standard InChI is InChI=1S/C19H22N2O3/c1-13(2)20-19(23)15-8-7-9-16(12-15)21-18(22)14(3)24-17-10-5-4-6-11-17/h4-14H,1-3H3,(H,20,23)(H,21,22)/t14-/m1/s1. The van der Waals surface area contributed by atoms with Gasteiger partial charge in [-0.15, -0.1) is 0 Å². The molecule has 0 fully saturated rings. The molecule has 0 aromatic heterocycles. The Morgan fingerprint density at radius 1 is 0.958 bits per heavy atom. The summed E-state index contributed by atoms with van der Waals surface area (Å²) in [7, 11) is 0. The fourth-order valence-electron chi connectivity index (χ4n) is 2.08. The summed E-state index contributed by atoms with van der Waals surface area (Å²) in [4.78, 5) is 24.3. The van der Waals surface area contributed by atoms with E-state index in [1.54, 1.807) is 43.3 Å². The molecule has 2 N–H and O–H groups in total. The highest BCUT2D eigenvalue weighted by atomic mass is 16.5. The van der Waals surface area contributed by atoms with Gasteiger partial charge in [0.1, 0.15) is 5.75 Å². The SMILES string of the molecule is CC(C)NC(=O)c1cccc(NC(=O)[C@@H](C)Oc2ccccc2)c1. The van der Waals surface area contributed by atoms with E-state index < -0.39 is 6.10 Å². The Balaban J connectivity index is 1.99. The van der Waals surface area contributed by atoms with Crippen LogP contribution in [-0.2, 0) is 4.79 Å². The lowest BCUT2D eigenvalue weighted by molar-refractivity contribution is -0.122. The van der Waals surface area contributed by atoms with E-state index in [-0.39, 0.29) is 17.9 Å². The third kappa shape index (κ3) is 5.12. The number of rotatable bonds is 6. The summed E-state index contributed by atoms with van der Waals surface area (Å²) >= 11 is 0. The van der Waals surface area contributed by atoms with Crippen LogP contribution in [0, 0.1) is 0 Å². The van der Waals surface area contributed by atoms with Crippen molar-refractivity contribution < 1.29 is 14.3 Å². The molecule has 2 aromatic rings. The van der Waals surface area contributed by atoms with Crippen LogP contribution >= 0.6 is 0 Å². The topological polar surface area (TPSA) is 67.4 Å². The Hall–Kier alpha value is -2.82. The predicted molar refractivity (Wildman–Crippen MR) is 94.2 cm³/mol. The quantitative estimate of drug-likeness (QED) is 0.856. The van der Waals surface area contributed by atoms with Crippen molar-refractivity contribution in [1.82, 2.24) is 5.32 Å². The molecule has 0 saturated heterocycles. The number of benzene rings is 2. The van der Waals surface area contributed by atoms with Crippen molar-refractivity contribution >= 4 is 17.5 Å². The average molecular weight is 326 g/mol. The first kappa shape index (κ1) is 17.5. The Bertz CT molecular complexity index is 699. The molecule has 0 spiro atoms. The highest BCUT2D eigenvalue weighted by molar-refractivity contribution is 5.98. The van der Waals surface area contributed by atoms with Gasteiger partial charge in [-0.2, -0.15) is 0 Å². The van der Waals surface area contributed by atoms with E-state index in [1.165, 1.54) is 0 Å². The molecule has 2 rings (SSSR count). The molecule has 126 valence electrons. The highest BCUT2D eigenvalue weighted by Gasteiger charge is 2.15. The molecule has 5 heteroatoms. The van der Waals surface area contributed by atoms with E-state index in [0.29, 0.717) is 17.0 Å². The summed E-state index contributed by atoms with van der Waals surface area (Å²) in [5.74, 6) is 0.181. The average Bonchev–Trinajstić information content (AvgIpc) is 2.55. The molecule has 0 aliphatic heterocycles. The number of ether oxygens (including phenoxy) is 1. The van der Waals surface area contributed by atoms with Crippen molar-refractivity contribution in [2.24, 2.45) is 0 Å². The number of carbonyl (C=O) groups is 2. The maximum absolute atomic E-state index is 12.2. The van der Waals surface area contributed by atoms with Crippen LogP contribution in [0.25, 0.3) is 0 Å². The molecule has 0 unspecified atom stereocenters. The van der Waals surface area contributed by atoms with Gasteiger partial charge in [0.15, 0.2) is 6.10 Å². The Morgan fingerprint density at radius 3 is 2.33 bits per heavy atom. The van der Waals surface area contributed by atoms with Crippen molar-refractivity contribution in [3.63, 3.8) is 0 Å². The summed E-state index contributed by atoms with van der Waals surface area (Å²) in [6.45, 7) is 5.47. The highest BCUT2D eigenvalue weighted by Crippen LogP contribution is 2.14. The van der Waals surface area contributed by atoms with Crippen LogP contribution in [0.3, 0.4) is 0 Å². The van der Waals surface area contributed by atoms with Gasteiger partial charge < -0.3 is 15.4 Å². The van der Waals surface area contributed by atoms with Gasteiger partial charge >= 0.3 is 0 Å². The second kappa shape index (κ2) is 8.15. The van der Waals surface area contributed by atoms with E-state index in [1.807, 2.05) is 32.0 Å². The van der Waals surface area contributed by atoms with Gasteiger partial charge in [0.2, 0.25) is 0 Å². The second-order valence-electron chi connectivity index (χ2n) is 5.77. The van der Waals surface area contributed by atoms with Crippen LogP contribution in [0.1, 0.15) is 31.1 Å². The van der Waals surface area contributed by atoms with E-state index in [9.17, 15) is 9.59 Å². The maximum Gasteiger partial charge on any atom is 0.265 e. The molecule has 0 aliphatic rings. The monoisotopic (exact) mass is 326 g/mol. The number of amides is 2. The minimum Gasteiger partial charge on any atom is -0.481 e. The van der Waals surface area contributed by atoms with Gasteiger partial charge in [0.25, 0.3) is 11.8 Å². The lowest BCUT2D eigenvalue weighted by atomic mass is 10.1. The fourth-order valence-corrected chi connectivity index (χ4v) is 2.08. The fraction of sp³-hybridized carbons (Fsp3) is 0.263. The lowest BCUT2D eigenvalue weighted by Gasteiger charge is -2.15. The molecule has 0 saturated carbocycles. The zero-order chi connectivity index (χ0) is 17.5. The van der Waals surface area contributed by atoms with E-state index in [4.69, 9.17) is 4.74 Å². The number of nitrogens with one attached hydrogen (secondary N) is 2. The van der Waals surface area contributed by atoms with Crippen molar-refractivity contribution in [2.45, 2.75) is 32.9 Å². The molecule has 5 nitrogen and oxygen atoms in total. The Kier molecular flexibility index (Phi) is 5.95. The van der Waals surface area contributed by atoms with E-state index in [2.05, 4.69) is 10.6 Å². The summed E-state index contributed by atoms with van der Waals surface area (Å²) < 4.78 is 5.59. The van der Waals surface area contributed by atoms with E-state index >= 15 is 0 Å². The number of hydrogen-bond donors (Lipinski definition) is 2. The molecule has 0 radical (unpaired) electrons. The summed E-state index contributed by atoms with van der Waals surface area (Å²) in [5, 5.41) is 5.59. The largest absolute Gasteiger partial charge is 0.481 e. The predicted octanol–water partition coefficient (Wildman–Crippen LogP) is 3.23. The molecule has 1 atom stereocenters. The lowest BCUT2D eigenvalue weighted by Crippen LogP contribution is -2.31. The smallest absolute Gasteiger partial charge is 0.265 e. The van der Waals surface area contributed by atoms with Crippen molar-refractivity contribution in [1.29, 1.82) is 0 Å². The van der Waals surface area contributed by atoms with Gasteiger partial charge in [0.05, 0.1) is 0 Å². The van der Waals surface area contributed by atoms with Crippen molar-refractivity contribution in [3.05, 3.63) is 60.2 Å². The molecule has 2 aromatic carbocycles. The number of carbonyl (C=O) groups excluding carboxylic acids is 2. The first-order valence-electron chi connectivity index (χ1n) is 7.89. The summed E-state index contributed by atoms with van der Waals surface area (Å²) in [6, 6.07) is 16.0. The molecular formula is C19H22N2O3. The van der Waals surface area contributed by atoms with Crippen LogP contribution in [0.5, 0.6) is 5.75 Å². The van der Waals surface area contributed by atoms with Crippen LogP contribution in [-0.4, -0.2) is 24.0 Å². The summed E-state index contributed by atoms with van der Waals surface area (Å²) in [6.07, 6.45) is -0.652. The van der Waals surface area contributed by atoms with E-state index in [0.717, 1.165) is 0 Å². The van der Waals surface area contributed by atoms with Gasteiger partial charge in [0, 0.05) is 17.3 Å². The van der Waals surface area contributed by atoms with Gasteiger partial charge in [-0.3, -0.25) is 9.59 Å². The number of para-hydroxylation sites is 1. The maximum atomic E-state index is 12.2. The number of anilines is 1. The van der Waals surface area contributed by atoms with Crippen LogP contribution in [0.4, 0.5) is 5.69 Å². The van der Waals surface area contributed by atoms with Crippen molar-refractivity contribution in [3.8, 4) is 5.75 Å². The number of hydrogen-bond acceptors (Lipinski definition) is 3. The Labute approximate surface area is 142 Å². The molecular weight excluding hydrogens is 304 g/mol.